The number of hydrogen-bond donors (Lipinski definition) is 1. The summed E-state index contributed by atoms with van der Waals surface area (Å²) in [6.45, 7) is 3.30. The molecule has 1 amide bonds. The first-order valence-corrected chi connectivity index (χ1v) is 5.09. The molecule has 0 spiro atoms. The van der Waals surface area contributed by atoms with Crippen molar-refractivity contribution in [2.75, 3.05) is 13.1 Å². The molecule has 4 heteroatoms. The molecular formula is C10H17N3O. The lowest BCUT2D eigenvalue weighted by molar-refractivity contribution is -0.129. The van der Waals surface area contributed by atoms with Crippen LogP contribution in [0.5, 0.6) is 0 Å². The Morgan fingerprint density at radius 1 is 1.79 bits per heavy atom. The van der Waals surface area contributed by atoms with E-state index in [4.69, 9.17) is 11.0 Å². The van der Waals surface area contributed by atoms with Crippen LogP contribution >= 0.6 is 0 Å². The summed E-state index contributed by atoms with van der Waals surface area (Å²) in [6, 6.07) is 2.21. The fourth-order valence-electron chi connectivity index (χ4n) is 1.90. The maximum Gasteiger partial charge on any atom is 0.223 e. The zero-order chi connectivity index (χ0) is 10.6. The predicted octanol–water partition coefficient (Wildman–Crippen LogP) is 0.486. The highest BCUT2D eigenvalue weighted by molar-refractivity contribution is 5.79. The molecule has 0 bridgehead atoms. The van der Waals surface area contributed by atoms with Crippen LogP contribution in [0.4, 0.5) is 0 Å². The highest BCUT2D eigenvalue weighted by Gasteiger charge is 2.32. The molecule has 78 valence electrons. The van der Waals surface area contributed by atoms with Gasteiger partial charge in [0.05, 0.1) is 12.5 Å². The van der Waals surface area contributed by atoms with Gasteiger partial charge >= 0.3 is 0 Å². The first-order valence-electron chi connectivity index (χ1n) is 5.09. The summed E-state index contributed by atoms with van der Waals surface area (Å²) in [5.41, 5.74) is 5.53. The molecule has 1 aliphatic rings. The third kappa shape index (κ3) is 2.24. The van der Waals surface area contributed by atoms with Crippen molar-refractivity contribution in [2.45, 2.75) is 32.2 Å². The van der Waals surface area contributed by atoms with Crippen molar-refractivity contribution in [3.63, 3.8) is 0 Å². The molecule has 1 rings (SSSR count). The van der Waals surface area contributed by atoms with Crippen molar-refractivity contribution in [1.29, 1.82) is 5.26 Å². The second-order valence-corrected chi connectivity index (χ2v) is 3.78. The van der Waals surface area contributed by atoms with Crippen LogP contribution in [-0.2, 0) is 4.79 Å². The van der Waals surface area contributed by atoms with Crippen molar-refractivity contribution in [3.05, 3.63) is 0 Å². The molecule has 14 heavy (non-hydrogen) atoms. The summed E-state index contributed by atoms with van der Waals surface area (Å²) in [4.78, 5) is 13.4. The molecule has 1 fully saturated rings. The zero-order valence-electron chi connectivity index (χ0n) is 8.57. The Bertz CT molecular complexity index is 246. The number of nitrogens with zero attached hydrogens (tertiary/aromatic N) is 2. The van der Waals surface area contributed by atoms with Crippen LogP contribution in [0.2, 0.25) is 0 Å². The number of rotatable bonds is 4. The van der Waals surface area contributed by atoms with Crippen LogP contribution in [0, 0.1) is 17.2 Å². The Kier molecular flexibility index (Phi) is 3.90. The van der Waals surface area contributed by atoms with Gasteiger partial charge in [0.25, 0.3) is 0 Å². The van der Waals surface area contributed by atoms with E-state index in [1.54, 1.807) is 0 Å². The summed E-state index contributed by atoms with van der Waals surface area (Å²) in [5, 5.41) is 8.62. The average molecular weight is 195 g/mol. The van der Waals surface area contributed by atoms with Gasteiger partial charge in [0, 0.05) is 19.0 Å². The Labute approximate surface area is 84.7 Å². The fourth-order valence-corrected chi connectivity index (χ4v) is 1.90. The molecule has 0 radical (unpaired) electrons. The number of likely N-dealkylation sites (tertiary alicyclic amines) is 1. The second kappa shape index (κ2) is 4.97. The number of carbonyl (C=O) groups is 1. The smallest absolute Gasteiger partial charge is 0.223 e. The van der Waals surface area contributed by atoms with Crippen molar-refractivity contribution in [2.24, 2.45) is 11.7 Å². The lowest BCUT2D eigenvalue weighted by Crippen LogP contribution is -2.36. The number of nitrogens with two attached hydrogens (primary N) is 1. The Morgan fingerprint density at radius 2 is 2.50 bits per heavy atom. The molecule has 2 atom stereocenters. The van der Waals surface area contributed by atoms with E-state index in [2.05, 4.69) is 6.07 Å². The van der Waals surface area contributed by atoms with Gasteiger partial charge in [0.15, 0.2) is 0 Å². The van der Waals surface area contributed by atoms with Crippen LogP contribution in [0.25, 0.3) is 0 Å². The van der Waals surface area contributed by atoms with Gasteiger partial charge in [0.1, 0.15) is 0 Å². The lowest BCUT2D eigenvalue weighted by atomic mass is 10.1. The highest BCUT2D eigenvalue weighted by Crippen LogP contribution is 2.21. The molecule has 1 heterocycles. The van der Waals surface area contributed by atoms with E-state index in [1.807, 2.05) is 11.8 Å². The Morgan fingerprint density at radius 3 is 2.93 bits per heavy atom. The molecule has 0 aliphatic carbocycles. The molecule has 1 aliphatic heterocycles. The minimum Gasteiger partial charge on any atom is -0.338 e. The lowest BCUT2D eigenvalue weighted by Gasteiger charge is -2.25. The first-order chi connectivity index (χ1) is 6.72. The van der Waals surface area contributed by atoms with Crippen molar-refractivity contribution in [3.8, 4) is 6.07 Å². The molecule has 0 aromatic rings. The van der Waals surface area contributed by atoms with Gasteiger partial charge in [0.2, 0.25) is 5.91 Å². The predicted molar refractivity (Wildman–Crippen MR) is 53.2 cm³/mol. The van der Waals surface area contributed by atoms with Crippen molar-refractivity contribution in [1.82, 2.24) is 4.90 Å². The molecule has 0 aromatic carbocycles. The first kappa shape index (κ1) is 11.0. The molecule has 2 unspecified atom stereocenters. The molecule has 4 nitrogen and oxygen atoms in total. The second-order valence-electron chi connectivity index (χ2n) is 3.78. The van der Waals surface area contributed by atoms with E-state index in [-0.39, 0.29) is 17.9 Å². The monoisotopic (exact) mass is 195 g/mol. The average Bonchev–Trinajstić information content (AvgIpc) is 2.56. The number of amides is 1. The third-order valence-electron chi connectivity index (χ3n) is 2.81. The van der Waals surface area contributed by atoms with Crippen molar-refractivity contribution >= 4 is 5.91 Å². The normalized spacial score (nSPS) is 23.6. The summed E-state index contributed by atoms with van der Waals surface area (Å²) in [5.74, 6) is 0.442. The van der Waals surface area contributed by atoms with Gasteiger partial charge in [-0.15, -0.1) is 0 Å². The van der Waals surface area contributed by atoms with Gasteiger partial charge in [-0.3, -0.25) is 4.79 Å². The van der Waals surface area contributed by atoms with Gasteiger partial charge in [-0.2, -0.15) is 5.26 Å². The van der Waals surface area contributed by atoms with Crippen LogP contribution in [0.15, 0.2) is 0 Å². The molecular weight excluding hydrogens is 178 g/mol. The summed E-state index contributed by atoms with van der Waals surface area (Å²) >= 11 is 0. The van der Waals surface area contributed by atoms with E-state index >= 15 is 0 Å². The number of carbonyl (C=O) groups excluding carboxylic acids is 1. The largest absolute Gasteiger partial charge is 0.338 e. The Balaban J connectivity index is 2.59. The van der Waals surface area contributed by atoms with Gasteiger partial charge in [-0.25, -0.2) is 0 Å². The third-order valence-corrected chi connectivity index (χ3v) is 2.81. The van der Waals surface area contributed by atoms with Crippen LogP contribution in [0.3, 0.4) is 0 Å². The Hall–Kier alpha value is -1.08. The molecule has 0 saturated carbocycles. The van der Waals surface area contributed by atoms with E-state index in [1.165, 1.54) is 0 Å². The van der Waals surface area contributed by atoms with Gasteiger partial charge in [-0.1, -0.05) is 6.92 Å². The maximum absolute atomic E-state index is 11.6. The van der Waals surface area contributed by atoms with E-state index in [9.17, 15) is 4.79 Å². The summed E-state index contributed by atoms with van der Waals surface area (Å²) in [7, 11) is 0. The molecule has 1 saturated heterocycles. The molecule has 2 N–H and O–H groups in total. The maximum atomic E-state index is 11.6. The SMILES string of the molecule is CCC(CC#N)N1CC(CN)CC1=O. The topological polar surface area (TPSA) is 70.1 Å². The van der Waals surface area contributed by atoms with E-state index in [0.717, 1.165) is 13.0 Å². The van der Waals surface area contributed by atoms with Crippen LogP contribution in [0.1, 0.15) is 26.2 Å². The van der Waals surface area contributed by atoms with Gasteiger partial charge in [-0.05, 0) is 18.9 Å². The van der Waals surface area contributed by atoms with Gasteiger partial charge < -0.3 is 10.6 Å². The quantitative estimate of drug-likeness (QED) is 0.709. The van der Waals surface area contributed by atoms with Crippen LogP contribution < -0.4 is 5.73 Å². The minimum absolute atomic E-state index is 0.0871. The van der Waals surface area contributed by atoms with Crippen molar-refractivity contribution < 1.29 is 4.79 Å². The van der Waals surface area contributed by atoms with E-state index in [0.29, 0.717) is 19.4 Å². The number of nitriles is 1. The summed E-state index contributed by atoms with van der Waals surface area (Å²) < 4.78 is 0. The standard InChI is InChI=1S/C10H17N3O/c1-2-9(3-4-11)13-7-8(6-12)5-10(13)14/h8-9H,2-3,5-7,12H2,1H3. The highest BCUT2D eigenvalue weighted by atomic mass is 16.2. The fraction of sp³-hybridized carbons (Fsp3) is 0.800. The van der Waals surface area contributed by atoms with Crippen LogP contribution in [-0.4, -0.2) is 29.9 Å². The van der Waals surface area contributed by atoms with E-state index < -0.39 is 0 Å². The summed E-state index contributed by atoms with van der Waals surface area (Å²) in [6.07, 6.45) is 1.83. The minimum atomic E-state index is 0.0871. The number of hydrogen-bond acceptors (Lipinski definition) is 3. The zero-order valence-corrected chi connectivity index (χ0v) is 8.57. The molecule has 0 aromatic heterocycles.